The summed E-state index contributed by atoms with van der Waals surface area (Å²) in [6, 6.07) is 16.4. The Kier molecular flexibility index (Phi) is 12.2. The van der Waals surface area contributed by atoms with E-state index in [1.807, 2.05) is 68.1 Å². The van der Waals surface area contributed by atoms with Gasteiger partial charge in [-0.25, -0.2) is 9.79 Å². The Bertz CT molecular complexity index is 1910. The van der Waals surface area contributed by atoms with Crippen molar-refractivity contribution in [2.24, 2.45) is 16.1 Å². The highest BCUT2D eigenvalue weighted by molar-refractivity contribution is 6.31. The Labute approximate surface area is 317 Å². The van der Waals surface area contributed by atoms with Crippen molar-refractivity contribution in [3.63, 3.8) is 0 Å². The third kappa shape index (κ3) is 9.87. The first-order valence-electron chi connectivity index (χ1n) is 18.5. The maximum absolute atomic E-state index is 13.7. The van der Waals surface area contributed by atoms with Crippen molar-refractivity contribution in [2.75, 3.05) is 39.4 Å². The number of hydrogen-bond acceptors (Lipinski definition) is 8. The number of halogens is 1. The summed E-state index contributed by atoms with van der Waals surface area (Å²) < 4.78 is 13.6. The molecule has 282 valence electrons. The summed E-state index contributed by atoms with van der Waals surface area (Å²) in [5, 5.41) is 24.0. The van der Waals surface area contributed by atoms with Crippen LogP contribution in [-0.2, 0) is 11.3 Å². The Morgan fingerprint density at radius 1 is 1.04 bits per heavy atom. The molecule has 0 radical (unpaired) electrons. The van der Waals surface area contributed by atoms with Crippen LogP contribution in [0.25, 0.3) is 0 Å². The average molecular weight is 742 g/mol. The number of fused-ring (bicyclic) bond motifs is 1. The van der Waals surface area contributed by atoms with Crippen LogP contribution in [0.4, 0.5) is 10.5 Å². The molecule has 2 atom stereocenters. The average Bonchev–Trinajstić information content (AvgIpc) is 3.15. The molecule has 6 rings (SSSR count). The molecule has 13 heteroatoms. The third-order valence-electron chi connectivity index (χ3n) is 10.0. The zero-order valence-corrected chi connectivity index (χ0v) is 31.7. The number of ether oxygens (including phenoxy) is 2. The lowest BCUT2D eigenvalue weighted by atomic mass is 9.85. The van der Waals surface area contributed by atoms with Crippen LogP contribution in [0.1, 0.15) is 81.7 Å². The number of allylic oxidation sites excluding steroid dienone is 1. The van der Waals surface area contributed by atoms with E-state index in [2.05, 4.69) is 15.5 Å². The number of urea groups is 1. The van der Waals surface area contributed by atoms with Crippen LogP contribution < -0.4 is 26.6 Å². The maximum atomic E-state index is 13.7. The molecule has 12 nitrogen and oxygen atoms in total. The monoisotopic (exact) mass is 741 g/mol. The van der Waals surface area contributed by atoms with Gasteiger partial charge in [-0.2, -0.15) is 0 Å². The SMILES string of the molecule is CC(C)(C)C(N)=CC(=Nc1ccc(Cl)c(CN2CCOCC2)c1)NC(=O)N[C@H]1CCC(Oc2ccc(=N)n(C(=N)N3CCCCC3)c2)c2ccccc21. The Morgan fingerprint density at radius 3 is 2.51 bits per heavy atom. The number of nitrogens with two attached hydrogens (primary N) is 1. The van der Waals surface area contributed by atoms with Crippen molar-refractivity contribution in [3.8, 4) is 5.75 Å². The first kappa shape index (κ1) is 38.1. The third-order valence-corrected chi connectivity index (χ3v) is 10.4. The van der Waals surface area contributed by atoms with E-state index in [1.165, 1.54) is 6.42 Å². The number of nitrogens with zero attached hydrogens (tertiary/aromatic N) is 4. The van der Waals surface area contributed by atoms with Crippen LogP contribution >= 0.6 is 11.6 Å². The summed E-state index contributed by atoms with van der Waals surface area (Å²) in [6.07, 6.45) is 7.76. The van der Waals surface area contributed by atoms with Gasteiger partial charge in [0.05, 0.1) is 31.1 Å². The molecule has 53 heavy (non-hydrogen) atoms. The Morgan fingerprint density at radius 2 is 1.77 bits per heavy atom. The summed E-state index contributed by atoms with van der Waals surface area (Å²) in [5.74, 6) is 1.21. The van der Waals surface area contributed by atoms with Crippen LogP contribution in [0.15, 0.2) is 77.6 Å². The minimum Gasteiger partial charge on any atom is -0.484 e. The second-order valence-electron chi connectivity index (χ2n) is 15.0. The Balaban J connectivity index is 1.18. The number of carbonyl (C=O) groups is 1. The molecular weight excluding hydrogens is 690 g/mol. The van der Waals surface area contributed by atoms with Crippen LogP contribution in [0.5, 0.6) is 5.75 Å². The predicted molar refractivity (Wildman–Crippen MR) is 209 cm³/mol. The number of amides is 2. The number of benzene rings is 2. The smallest absolute Gasteiger partial charge is 0.320 e. The van der Waals surface area contributed by atoms with Gasteiger partial charge in [-0.05, 0) is 79.1 Å². The van der Waals surface area contributed by atoms with Gasteiger partial charge in [-0.15, -0.1) is 0 Å². The van der Waals surface area contributed by atoms with Gasteiger partial charge < -0.3 is 25.4 Å². The first-order valence-corrected chi connectivity index (χ1v) is 18.9. The zero-order chi connectivity index (χ0) is 37.5. The fraction of sp³-hybridized carbons (Fsp3) is 0.450. The number of aromatic nitrogens is 1. The Hall–Kier alpha value is -4.65. The lowest BCUT2D eigenvalue weighted by molar-refractivity contribution is 0.0342. The summed E-state index contributed by atoms with van der Waals surface area (Å²) in [6.45, 7) is 11.4. The molecule has 2 aliphatic heterocycles. The molecule has 1 aromatic heterocycles. The summed E-state index contributed by atoms with van der Waals surface area (Å²) >= 11 is 6.59. The highest BCUT2D eigenvalue weighted by Gasteiger charge is 2.30. The fourth-order valence-corrected chi connectivity index (χ4v) is 7.01. The van der Waals surface area contributed by atoms with E-state index >= 15 is 0 Å². The number of rotatable bonds is 7. The molecule has 6 N–H and O–H groups in total. The quantitative estimate of drug-likeness (QED) is 0.136. The van der Waals surface area contributed by atoms with Gasteiger partial charge in [0.1, 0.15) is 23.2 Å². The molecular formula is C40H52ClN9O3. The molecule has 0 bridgehead atoms. The largest absolute Gasteiger partial charge is 0.484 e. The van der Waals surface area contributed by atoms with E-state index in [4.69, 9.17) is 42.6 Å². The van der Waals surface area contributed by atoms with Gasteiger partial charge in [-0.1, -0.05) is 56.6 Å². The van der Waals surface area contributed by atoms with E-state index < -0.39 is 6.03 Å². The minimum absolute atomic E-state index is 0.235. The molecule has 0 spiro atoms. The number of likely N-dealkylation sites (tertiary alicyclic amines) is 1. The van der Waals surface area contributed by atoms with E-state index in [1.54, 1.807) is 29.0 Å². The topological polar surface area (TPSA) is 157 Å². The number of nitrogens with one attached hydrogen (secondary N) is 4. The van der Waals surface area contributed by atoms with Crippen LogP contribution in [0.3, 0.4) is 0 Å². The maximum Gasteiger partial charge on any atom is 0.320 e. The minimum atomic E-state index is -0.397. The van der Waals surface area contributed by atoms with Crippen LogP contribution in [0.2, 0.25) is 5.02 Å². The van der Waals surface area contributed by atoms with Gasteiger partial charge in [-0.3, -0.25) is 25.6 Å². The van der Waals surface area contributed by atoms with E-state index in [0.717, 1.165) is 55.7 Å². The molecule has 2 aromatic carbocycles. The number of hydrogen-bond donors (Lipinski definition) is 5. The molecule has 1 aliphatic carbocycles. The predicted octanol–water partition coefficient (Wildman–Crippen LogP) is 6.60. The summed E-state index contributed by atoms with van der Waals surface area (Å²) in [7, 11) is 0. The number of morpholine rings is 1. The van der Waals surface area contributed by atoms with Crippen molar-refractivity contribution in [2.45, 2.75) is 71.6 Å². The number of aliphatic imine (C=N–C) groups is 1. The second-order valence-corrected chi connectivity index (χ2v) is 15.4. The lowest BCUT2D eigenvalue weighted by Gasteiger charge is -2.33. The second kappa shape index (κ2) is 17.0. The summed E-state index contributed by atoms with van der Waals surface area (Å²) in [5.41, 5.74) is 10.5. The van der Waals surface area contributed by atoms with Crippen molar-refractivity contribution in [3.05, 3.63) is 99.8 Å². The molecule has 3 heterocycles. The molecule has 3 aromatic rings. The number of carbonyl (C=O) groups excluding carboxylic acids is 1. The molecule has 2 saturated heterocycles. The molecule has 0 saturated carbocycles. The van der Waals surface area contributed by atoms with Gasteiger partial charge >= 0.3 is 6.03 Å². The van der Waals surface area contributed by atoms with E-state index in [9.17, 15) is 4.79 Å². The van der Waals surface area contributed by atoms with E-state index in [0.29, 0.717) is 66.6 Å². The van der Waals surface area contributed by atoms with E-state index in [-0.39, 0.29) is 23.0 Å². The van der Waals surface area contributed by atoms with Gasteiger partial charge in [0.25, 0.3) is 0 Å². The number of pyridine rings is 1. The molecule has 2 amide bonds. The number of amidine groups is 1. The van der Waals surface area contributed by atoms with Crippen LogP contribution in [-0.4, -0.2) is 71.6 Å². The highest BCUT2D eigenvalue weighted by Crippen LogP contribution is 2.38. The fourth-order valence-electron chi connectivity index (χ4n) is 6.83. The number of piperidine rings is 1. The van der Waals surface area contributed by atoms with Crippen molar-refractivity contribution in [1.29, 1.82) is 10.8 Å². The van der Waals surface area contributed by atoms with Crippen LogP contribution in [0, 0.1) is 16.2 Å². The van der Waals surface area contributed by atoms with Gasteiger partial charge in [0, 0.05) is 54.9 Å². The first-order chi connectivity index (χ1) is 25.4. The van der Waals surface area contributed by atoms with Gasteiger partial charge in [0.15, 0.2) is 0 Å². The highest BCUT2D eigenvalue weighted by atomic mass is 35.5. The zero-order valence-electron chi connectivity index (χ0n) is 31.0. The molecule has 2 fully saturated rings. The van der Waals surface area contributed by atoms with Crippen molar-refractivity contribution in [1.82, 2.24) is 25.0 Å². The normalized spacial score (nSPS) is 20.0. The van der Waals surface area contributed by atoms with Gasteiger partial charge in [0.2, 0.25) is 5.96 Å². The van der Waals surface area contributed by atoms with Crippen molar-refractivity contribution < 1.29 is 14.3 Å². The lowest BCUT2D eigenvalue weighted by Crippen LogP contribution is -2.43. The molecule has 1 unspecified atom stereocenters. The standard InChI is InChI=1S/C40H52ClN9O3/c1-40(2,3)35(42)24-37(45-28-11-13-32(41)27(23-28)25-48-19-21-52-22-20-48)47-39(51)46-33-14-15-34(31-10-6-5-9-30(31)33)53-29-12-16-36(43)50(26-29)38(44)49-17-7-4-8-18-49/h5-6,9-13,16,23-24,26,33-34,43-44H,4,7-8,14-15,17-22,25,42H2,1-3H3,(H2,45,46,47,51)/t33-,34?/m0/s1. The molecule has 3 aliphatic rings. The van der Waals surface area contributed by atoms with Crippen molar-refractivity contribution >= 4 is 35.1 Å². The summed E-state index contributed by atoms with van der Waals surface area (Å²) in [4.78, 5) is 22.8.